The molecular formula is H3AsBr3. The first kappa shape index (κ1) is 37.5. The standard InChI is InChI=1S/As.3BrH/h;3*1H. The monoisotopic (exact) mass is 315 g/mol. The molecule has 0 N–H and O–H groups in total. The van der Waals surface area contributed by atoms with Crippen molar-refractivity contribution in [1.29, 1.82) is 0 Å². The van der Waals surface area contributed by atoms with Crippen LogP contribution in [0.2, 0.25) is 0 Å². The van der Waals surface area contributed by atoms with Gasteiger partial charge in [0.2, 0.25) is 0 Å². The van der Waals surface area contributed by atoms with Crippen LogP contribution in [-0.4, -0.2) is 18.0 Å². The van der Waals surface area contributed by atoms with Gasteiger partial charge < -0.3 is 0 Å². The van der Waals surface area contributed by atoms with Crippen molar-refractivity contribution in [2.24, 2.45) is 0 Å². The Morgan fingerprint density at radius 1 is 0.500 bits per heavy atom. The van der Waals surface area contributed by atoms with Crippen LogP contribution in [0.4, 0.5) is 0 Å². The molecule has 4 heteroatoms. The molecule has 3 radical (unpaired) electrons. The van der Waals surface area contributed by atoms with Gasteiger partial charge in [0, 0.05) is 18.0 Å². The van der Waals surface area contributed by atoms with Gasteiger partial charge >= 0.3 is 0 Å². The molecule has 0 rings (SSSR count). The Labute approximate surface area is 68.3 Å². The quantitative estimate of drug-likeness (QED) is 0.592. The fraction of sp³-hybridized carbons (Fsp3) is 0. The van der Waals surface area contributed by atoms with E-state index in [4.69, 9.17) is 0 Å². The Hall–Kier alpha value is 2.00. The van der Waals surface area contributed by atoms with E-state index in [1.165, 1.54) is 0 Å². The molecule has 0 nitrogen and oxygen atoms in total. The predicted octanol–water partition coefficient (Wildman–Crippen LogP) is 1.35. The molecule has 0 aliphatic heterocycles. The third kappa shape index (κ3) is 9.00. The molecule has 0 atom stereocenters. The summed E-state index contributed by atoms with van der Waals surface area (Å²) in [5.74, 6) is 0. The number of hydrogen-bond acceptors (Lipinski definition) is 0. The average Bonchev–Trinajstić information content (AvgIpc) is 0. The summed E-state index contributed by atoms with van der Waals surface area (Å²) in [4.78, 5) is 0. The van der Waals surface area contributed by atoms with Gasteiger partial charge in [-0.3, -0.25) is 0 Å². The minimum absolute atomic E-state index is 0. The van der Waals surface area contributed by atoms with Crippen LogP contribution < -0.4 is 0 Å². The van der Waals surface area contributed by atoms with E-state index in [0.717, 1.165) is 0 Å². The molecule has 0 bridgehead atoms. The van der Waals surface area contributed by atoms with Crippen molar-refractivity contribution in [3.63, 3.8) is 0 Å². The molecule has 0 aliphatic carbocycles. The second-order valence-electron chi connectivity index (χ2n) is 0. The van der Waals surface area contributed by atoms with Crippen LogP contribution in [0.25, 0.3) is 0 Å². The van der Waals surface area contributed by atoms with Crippen molar-refractivity contribution in [1.82, 2.24) is 0 Å². The molecule has 0 saturated heterocycles. The average molecular weight is 318 g/mol. The molecule has 0 aliphatic rings. The van der Waals surface area contributed by atoms with E-state index >= 15 is 0 Å². The van der Waals surface area contributed by atoms with Gasteiger partial charge in [-0.25, -0.2) is 0 Å². The fourth-order valence-electron chi connectivity index (χ4n) is 0. The number of rotatable bonds is 0. The first-order chi connectivity index (χ1) is 0. The van der Waals surface area contributed by atoms with E-state index in [-0.39, 0.29) is 68.9 Å². The van der Waals surface area contributed by atoms with Crippen molar-refractivity contribution in [3.05, 3.63) is 0 Å². The molecule has 0 heterocycles. The first-order valence-electron chi connectivity index (χ1n) is 0. The van der Waals surface area contributed by atoms with Gasteiger partial charge in [0.05, 0.1) is 0 Å². The Kier molecular flexibility index (Phi) is 188. The van der Waals surface area contributed by atoms with Gasteiger partial charge in [-0.15, -0.1) is 50.9 Å². The SMILES string of the molecule is Br.Br.Br.[As]. The molecule has 0 aromatic carbocycles. The molecule has 0 fully saturated rings. The Morgan fingerprint density at radius 2 is 0.500 bits per heavy atom. The van der Waals surface area contributed by atoms with Crippen LogP contribution in [0, 0.1) is 0 Å². The van der Waals surface area contributed by atoms with Crippen molar-refractivity contribution < 1.29 is 0 Å². The third-order valence-corrected chi connectivity index (χ3v) is 0. The Morgan fingerprint density at radius 3 is 0.500 bits per heavy atom. The number of halogens is 3. The molecule has 0 aromatic heterocycles. The van der Waals surface area contributed by atoms with Crippen molar-refractivity contribution in [3.8, 4) is 0 Å². The summed E-state index contributed by atoms with van der Waals surface area (Å²) in [6.45, 7) is 0. The molecule has 0 unspecified atom stereocenters. The first-order valence-corrected chi connectivity index (χ1v) is 0. The molecular weight excluding hydrogens is 315 g/mol. The summed E-state index contributed by atoms with van der Waals surface area (Å²) in [7, 11) is 0. The van der Waals surface area contributed by atoms with Crippen LogP contribution in [-0.2, 0) is 0 Å². The van der Waals surface area contributed by atoms with Crippen molar-refractivity contribution in [2.45, 2.75) is 0 Å². The van der Waals surface area contributed by atoms with E-state index in [1.54, 1.807) is 0 Å². The Bertz CT molecular complexity index is 3.25. The van der Waals surface area contributed by atoms with Gasteiger partial charge in [-0.05, 0) is 0 Å². The van der Waals surface area contributed by atoms with Crippen molar-refractivity contribution >= 4 is 68.9 Å². The molecule has 29 valence electrons. The summed E-state index contributed by atoms with van der Waals surface area (Å²) in [5.41, 5.74) is 0. The largest absolute Gasteiger partial charge is 0.114 e. The van der Waals surface area contributed by atoms with Crippen LogP contribution in [0.5, 0.6) is 0 Å². The topological polar surface area (TPSA) is 0 Å². The second-order valence-corrected chi connectivity index (χ2v) is 0. The van der Waals surface area contributed by atoms with Crippen LogP contribution in [0.15, 0.2) is 0 Å². The zero-order valence-electron chi connectivity index (χ0n) is 1.67. The van der Waals surface area contributed by atoms with Gasteiger partial charge in [-0.1, -0.05) is 0 Å². The maximum absolute atomic E-state index is 0. The van der Waals surface area contributed by atoms with E-state index < -0.39 is 0 Å². The van der Waals surface area contributed by atoms with Gasteiger partial charge in [0.25, 0.3) is 0 Å². The predicted molar refractivity (Wildman–Crippen MR) is 36.7 cm³/mol. The molecule has 0 spiro atoms. The molecule has 0 aromatic rings. The number of hydrogen-bond donors (Lipinski definition) is 0. The van der Waals surface area contributed by atoms with Crippen LogP contribution in [0.3, 0.4) is 0 Å². The van der Waals surface area contributed by atoms with Gasteiger partial charge in [0.15, 0.2) is 0 Å². The summed E-state index contributed by atoms with van der Waals surface area (Å²) < 4.78 is 0. The second kappa shape index (κ2) is 20.0. The van der Waals surface area contributed by atoms with Gasteiger partial charge in [0.1, 0.15) is 0 Å². The third-order valence-electron chi connectivity index (χ3n) is 0. The maximum Gasteiger partial charge on any atom is 0 e. The normalized spacial score (nSPS) is 0. The summed E-state index contributed by atoms with van der Waals surface area (Å²) in [6, 6.07) is 0. The summed E-state index contributed by atoms with van der Waals surface area (Å²) in [5, 5.41) is 0. The molecule has 4 heavy (non-hydrogen) atoms. The summed E-state index contributed by atoms with van der Waals surface area (Å²) >= 11 is 0. The van der Waals surface area contributed by atoms with Crippen molar-refractivity contribution in [2.75, 3.05) is 0 Å². The van der Waals surface area contributed by atoms with E-state index in [9.17, 15) is 0 Å². The zero-order chi connectivity index (χ0) is 0. The maximum atomic E-state index is 0. The Balaban J connectivity index is 0. The smallest absolute Gasteiger partial charge is 0 e. The van der Waals surface area contributed by atoms with Crippen LogP contribution in [0.1, 0.15) is 0 Å². The molecule has 0 amide bonds. The van der Waals surface area contributed by atoms with E-state index in [1.807, 2.05) is 0 Å². The molecule has 0 saturated carbocycles. The zero-order valence-corrected chi connectivity index (χ0v) is 8.69. The van der Waals surface area contributed by atoms with Crippen LogP contribution >= 0.6 is 50.9 Å². The van der Waals surface area contributed by atoms with E-state index in [2.05, 4.69) is 0 Å². The van der Waals surface area contributed by atoms with Gasteiger partial charge in [-0.2, -0.15) is 0 Å². The summed E-state index contributed by atoms with van der Waals surface area (Å²) in [6.07, 6.45) is 0. The minimum Gasteiger partial charge on any atom is -0.114 e. The minimum atomic E-state index is 0. The van der Waals surface area contributed by atoms with E-state index in [0.29, 0.717) is 0 Å². The fourth-order valence-corrected chi connectivity index (χ4v) is 0.